The molecule has 0 aliphatic heterocycles. The van der Waals surface area contributed by atoms with Gasteiger partial charge in [0, 0.05) is 17.3 Å². The SMILES string of the molecule is O=C(CC(O)c1ccccc1)Nc1ccc2ncccc2c1. The lowest BCUT2D eigenvalue weighted by atomic mass is 10.1. The van der Waals surface area contributed by atoms with Crippen molar-refractivity contribution in [2.75, 3.05) is 5.32 Å². The Hall–Kier alpha value is -2.72. The van der Waals surface area contributed by atoms with Crippen LogP contribution in [-0.4, -0.2) is 16.0 Å². The third kappa shape index (κ3) is 3.30. The molecular formula is C18H16N2O2. The van der Waals surface area contributed by atoms with Crippen LogP contribution in [0.25, 0.3) is 10.9 Å². The van der Waals surface area contributed by atoms with E-state index in [1.54, 1.807) is 18.3 Å². The average molecular weight is 292 g/mol. The zero-order valence-corrected chi connectivity index (χ0v) is 11.9. The predicted octanol–water partition coefficient (Wildman–Crippen LogP) is 3.30. The molecule has 1 aromatic heterocycles. The minimum absolute atomic E-state index is 0.0229. The van der Waals surface area contributed by atoms with Crippen molar-refractivity contribution in [3.05, 3.63) is 72.4 Å². The highest BCUT2D eigenvalue weighted by molar-refractivity contribution is 5.93. The maximum atomic E-state index is 12.0. The van der Waals surface area contributed by atoms with Gasteiger partial charge in [-0.15, -0.1) is 0 Å². The molecule has 4 heteroatoms. The first-order valence-corrected chi connectivity index (χ1v) is 7.10. The van der Waals surface area contributed by atoms with Crippen molar-refractivity contribution >= 4 is 22.5 Å². The van der Waals surface area contributed by atoms with Gasteiger partial charge in [-0.2, -0.15) is 0 Å². The standard InChI is InChI=1S/C18H16N2O2/c21-17(13-5-2-1-3-6-13)12-18(22)20-15-8-9-16-14(11-15)7-4-10-19-16/h1-11,17,21H,12H2,(H,20,22). The van der Waals surface area contributed by atoms with Gasteiger partial charge >= 0.3 is 0 Å². The number of hydrogen-bond acceptors (Lipinski definition) is 3. The zero-order chi connectivity index (χ0) is 15.4. The number of fused-ring (bicyclic) bond motifs is 1. The molecule has 2 aromatic carbocycles. The van der Waals surface area contributed by atoms with E-state index in [2.05, 4.69) is 10.3 Å². The molecule has 22 heavy (non-hydrogen) atoms. The molecule has 0 bridgehead atoms. The van der Waals surface area contributed by atoms with Crippen molar-refractivity contribution in [2.45, 2.75) is 12.5 Å². The van der Waals surface area contributed by atoms with Gasteiger partial charge in [0.15, 0.2) is 0 Å². The highest BCUT2D eigenvalue weighted by Crippen LogP contribution is 2.19. The molecule has 0 aliphatic rings. The monoisotopic (exact) mass is 292 g/mol. The maximum absolute atomic E-state index is 12.0. The van der Waals surface area contributed by atoms with Gasteiger partial charge in [-0.3, -0.25) is 9.78 Å². The van der Waals surface area contributed by atoms with Crippen LogP contribution < -0.4 is 5.32 Å². The van der Waals surface area contributed by atoms with E-state index in [1.807, 2.05) is 48.5 Å². The second-order valence-corrected chi connectivity index (χ2v) is 5.09. The number of carbonyl (C=O) groups is 1. The van der Waals surface area contributed by atoms with Gasteiger partial charge in [-0.1, -0.05) is 36.4 Å². The summed E-state index contributed by atoms with van der Waals surface area (Å²) in [4.78, 5) is 16.3. The number of aliphatic hydroxyl groups is 1. The summed E-state index contributed by atoms with van der Waals surface area (Å²) in [5.74, 6) is -0.223. The van der Waals surface area contributed by atoms with E-state index < -0.39 is 6.10 Å². The molecule has 0 radical (unpaired) electrons. The summed E-state index contributed by atoms with van der Waals surface area (Å²) in [5, 5.41) is 13.8. The van der Waals surface area contributed by atoms with E-state index in [9.17, 15) is 9.90 Å². The van der Waals surface area contributed by atoms with Gasteiger partial charge in [0.2, 0.25) is 5.91 Å². The number of nitrogens with zero attached hydrogens (tertiary/aromatic N) is 1. The number of aliphatic hydroxyl groups excluding tert-OH is 1. The van der Waals surface area contributed by atoms with Gasteiger partial charge in [0.1, 0.15) is 0 Å². The van der Waals surface area contributed by atoms with E-state index in [0.29, 0.717) is 5.69 Å². The summed E-state index contributed by atoms with van der Waals surface area (Å²) < 4.78 is 0. The van der Waals surface area contributed by atoms with Crippen LogP contribution in [-0.2, 0) is 4.79 Å². The summed E-state index contributed by atoms with van der Waals surface area (Å²) >= 11 is 0. The Kier molecular flexibility index (Phi) is 4.12. The molecule has 0 saturated carbocycles. The van der Waals surface area contributed by atoms with Gasteiger partial charge in [0.25, 0.3) is 0 Å². The second-order valence-electron chi connectivity index (χ2n) is 5.09. The van der Waals surface area contributed by atoms with E-state index >= 15 is 0 Å². The Morgan fingerprint density at radius 1 is 1.09 bits per heavy atom. The Morgan fingerprint density at radius 2 is 1.91 bits per heavy atom. The number of anilines is 1. The van der Waals surface area contributed by atoms with Crippen LogP contribution in [0.3, 0.4) is 0 Å². The fraction of sp³-hybridized carbons (Fsp3) is 0.111. The van der Waals surface area contributed by atoms with Crippen molar-refractivity contribution in [3.8, 4) is 0 Å². The number of carbonyl (C=O) groups excluding carboxylic acids is 1. The molecular weight excluding hydrogens is 276 g/mol. The lowest BCUT2D eigenvalue weighted by Gasteiger charge is -2.11. The van der Waals surface area contributed by atoms with Gasteiger partial charge in [-0.25, -0.2) is 0 Å². The number of hydrogen-bond donors (Lipinski definition) is 2. The fourth-order valence-corrected chi connectivity index (χ4v) is 2.33. The Morgan fingerprint density at radius 3 is 2.73 bits per heavy atom. The lowest BCUT2D eigenvalue weighted by Crippen LogP contribution is -2.15. The number of aromatic nitrogens is 1. The van der Waals surface area contributed by atoms with Gasteiger partial charge in [-0.05, 0) is 29.8 Å². The summed E-state index contributed by atoms with van der Waals surface area (Å²) in [6, 6.07) is 18.5. The van der Waals surface area contributed by atoms with Crippen molar-refractivity contribution in [1.29, 1.82) is 0 Å². The molecule has 0 spiro atoms. The third-order valence-electron chi connectivity index (χ3n) is 3.45. The van der Waals surface area contributed by atoms with Crippen molar-refractivity contribution in [2.24, 2.45) is 0 Å². The molecule has 1 heterocycles. The first-order valence-electron chi connectivity index (χ1n) is 7.10. The van der Waals surface area contributed by atoms with Crippen LogP contribution in [0, 0.1) is 0 Å². The van der Waals surface area contributed by atoms with E-state index in [1.165, 1.54) is 0 Å². The third-order valence-corrected chi connectivity index (χ3v) is 3.45. The van der Waals surface area contributed by atoms with E-state index in [4.69, 9.17) is 0 Å². The molecule has 1 unspecified atom stereocenters. The fourth-order valence-electron chi connectivity index (χ4n) is 2.33. The summed E-state index contributed by atoms with van der Waals surface area (Å²) in [6.45, 7) is 0. The molecule has 0 fully saturated rings. The molecule has 3 aromatic rings. The molecule has 2 N–H and O–H groups in total. The van der Waals surface area contributed by atoms with Crippen molar-refractivity contribution < 1.29 is 9.90 Å². The molecule has 0 aliphatic carbocycles. The summed E-state index contributed by atoms with van der Waals surface area (Å²) in [5.41, 5.74) is 2.32. The molecule has 1 atom stereocenters. The number of pyridine rings is 1. The van der Waals surface area contributed by atoms with Crippen molar-refractivity contribution in [1.82, 2.24) is 4.98 Å². The molecule has 0 saturated heterocycles. The second kappa shape index (κ2) is 6.37. The lowest BCUT2D eigenvalue weighted by molar-refractivity contribution is -0.118. The van der Waals surface area contributed by atoms with Crippen LogP contribution in [0.5, 0.6) is 0 Å². The van der Waals surface area contributed by atoms with Gasteiger partial charge in [0.05, 0.1) is 18.0 Å². The van der Waals surface area contributed by atoms with Crippen LogP contribution in [0.4, 0.5) is 5.69 Å². The first-order chi connectivity index (χ1) is 10.7. The quantitative estimate of drug-likeness (QED) is 0.775. The largest absolute Gasteiger partial charge is 0.388 e. The minimum Gasteiger partial charge on any atom is -0.388 e. The topological polar surface area (TPSA) is 62.2 Å². The highest BCUT2D eigenvalue weighted by atomic mass is 16.3. The number of nitrogens with one attached hydrogen (secondary N) is 1. The maximum Gasteiger partial charge on any atom is 0.227 e. The van der Waals surface area contributed by atoms with Gasteiger partial charge < -0.3 is 10.4 Å². The zero-order valence-electron chi connectivity index (χ0n) is 11.9. The molecule has 4 nitrogen and oxygen atoms in total. The van der Waals surface area contributed by atoms with E-state index in [0.717, 1.165) is 16.5 Å². The minimum atomic E-state index is -0.802. The molecule has 3 rings (SSSR count). The van der Waals surface area contributed by atoms with E-state index in [-0.39, 0.29) is 12.3 Å². The van der Waals surface area contributed by atoms with Crippen molar-refractivity contribution in [3.63, 3.8) is 0 Å². The Bertz CT molecular complexity index is 787. The normalized spacial score (nSPS) is 12.0. The number of amides is 1. The number of rotatable bonds is 4. The smallest absolute Gasteiger partial charge is 0.227 e. The van der Waals surface area contributed by atoms with Crippen LogP contribution in [0.2, 0.25) is 0 Å². The Labute approximate surface area is 128 Å². The predicted molar refractivity (Wildman–Crippen MR) is 86.4 cm³/mol. The number of benzene rings is 2. The molecule has 1 amide bonds. The Balaban J connectivity index is 1.68. The summed E-state index contributed by atoms with van der Waals surface area (Å²) in [6.07, 6.45) is 0.953. The summed E-state index contributed by atoms with van der Waals surface area (Å²) in [7, 11) is 0. The van der Waals surface area contributed by atoms with Crippen LogP contribution in [0.15, 0.2) is 66.9 Å². The van der Waals surface area contributed by atoms with Crippen LogP contribution >= 0.6 is 0 Å². The average Bonchev–Trinajstić information content (AvgIpc) is 2.55. The molecule has 110 valence electrons. The highest BCUT2D eigenvalue weighted by Gasteiger charge is 2.13. The first kappa shape index (κ1) is 14.2. The van der Waals surface area contributed by atoms with Crippen LogP contribution in [0.1, 0.15) is 18.1 Å².